The van der Waals surface area contributed by atoms with Gasteiger partial charge in [0.15, 0.2) is 0 Å². The molecule has 1 aromatic rings. The third-order valence-corrected chi connectivity index (χ3v) is 4.30. The molecule has 1 aliphatic rings. The third-order valence-electron chi connectivity index (χ3n) is 1.95. The summed E-state index contributed by atoms with van der Waals surface area (Å²) in [6, 6.07) is 2.44. The minimum absolute atomic E-state index is 0.285. The Morgan fingerprint density at radius 1 is 1.64 bits per heavy atom. The Morgan fingerprint density at radius 2 is 2.45 bits per heavy atom. The molecule has 2 N–H and O–H groups in total. The molecule has 0 bridgehead atoms. The van der Waals surface area contributed by atoms with Gasteiger partial charge in [-0.2, -0.15) is 0 Å². The first-order valence-electron chi connectivity index (χ1n) is 3.77. The van der Waals surface area contributed by atoms with Crippen molar-refractivity contribution in [2.45, 2.75) is 28.8 Å². The maximum atomic E-state index is 5.97. The Hall–Kier alpha value is 0.01000. The lowest BCUT2D eigenvalue weighted by atomic mass is 10.1. The molecule has 0 fully saturated rings. The molecule has 11 heavy (non-hydrogen) atoms. The summed E-state index contributed by atoms with van der Waals surface area (Å²) in [5, 5.41) is 2.83. The molecule has 2 rings (SSSR count). The first-order chi connectivity index (χ1) is 5.27. The minimum atomic E-state index is 0.285. The molecule has 2 unspecified atom stereocenters. The van der Waals surface area contributed by atoms with Crippen molar-refractivity contribution in [2.24, 2.45) is 5.73 Å². The van der Waals surface area contributed by atoms with E-state index in [4.69, 9.17) is 5.73 Å². The van der Waals surface area contributed by atoms with Gasteiger partial charge in [0, 0.05) is 11.3 Å². The number of hydrogen-bond donors (Lipinski definition) is 1. The van der Waals surface area contributed by atoms with E-state index in [9.17, 15) is 0 Å². The predicted octanol–water partition coefficient (Wildman–Crippen LogP) is 2.63. The Balaban J connectivity index is 2.36. The van der Waals surface area contributed by atoms with Crippen LogP contribution in [-0.2, 0) is 0 Å². The molecule has 3 heteroatoms. The molecule has 60 valence electrons. The van der Waals surface area contributed by atoms with E-state index in [2.05, 4.69) is 18.4 Å². The first-order valence-corrected chi connectivity index (χ1v) is 5.53. The van der Waals surface area contributed by atoms with Crippen LogP contribution in [0.3, 0.4) is 0 Å². The quantitative estimate of drug-likeness (QED) is 0.672. The van der Waals surface area contributed by atoms with Crippen LogP contribution in [0.25, 0.3) is 0 Å². The highest BCUT2D eigenvalue weighted by atomic mass is 32.2. The van der Waals surface area contributed by atoms with Gasteiger partial charge in [-0.25, -0.2) is 0 Å². The van der Waals surface area contributed by atoms with Crippen molar-refractivity contribution in [1.29, 1.82) is 0 Å². The fourth-order valence-electron chi connectivity index (χ4n) is 1.39. The van der Waals surface area contributed by atoms with Crippen LogP contribution >= 0.6 is 23.1 Å². The summed E-state index contributed by atoms with van der Waals surface area (Å²) in [5.41, 5.74) is 7.33. The number of thioether (sulfide) groups is 1. The van der Waals surface area contributed by atoms with Crippen LogP contribution in [-0.4, -0.2) is 5.25 Å². The average Bonchev–Trinajstić information content (AvgIpc) is 2.34. The fourth-order valence-corrected chi connectivity index (χ4v) is 3.99. The van der Waals surface area contributed by atoms with Crippen molar-refractivity contribution in [3.63, 3.8) is 0 Å². The van der Waals surface area contributed by atoms with Gasteiger partial charge in [-0.1, -0.05) is 6.92 Å². The van der Waals surface area contributed by atoms with Crippen LogP contribution < -0.4 is 5.73 Å². The minimum Gasteiger partial charge on any atom is -0.324 e. The zero-order valence-electron chi connectivity index (χ0n) is 6.41. The van der Waals surface area contributed by atoms with E-state index in [0.717, 1.165) is 6.42 Å². The van der Waals surface area contributed by atoms with E-state index in [1.807, 2.05) is 23.1 Å². The molecule has 0 aromatic carbocycles. The summed E-state index contributed by atoms with van der Waals surface area (Å²) >= 11 is 3.78. The van der Waals surface area contributed by atoms with Gasteiger partial charge in [0.05, 0.1) is 4.21 Å². The van der Waals surface area contributed by atoms with E-state index < -0.39 is 0 Å². The first kappa shape index (κ1) is 7.65. The normalized spacial score (nSPS) is 30.0. The second kappa shape index (κ2) is 2.81. The van der Waals surface area contributed by atoms with Crippen molar-refractivity contribution in [2.75, 3.05) is 0 Å². The van der Waals surface area contributed by atoms with Gasteiger partial charge in [-0.15, -0.1) is 23.1 Å². The second-order valence-corrected chi connectivity index (χ2v) is 5.56. The summed E-state index contributed by atoms with van der Waals surface area (Å²) in [4.78, 5) is 0. The summed E-state index contributed by atoms with van der Waals surface area (Å²) in [6.07, 6.45) is 1.12. The van der Waals surface area contributed by atoms with E-state index in [0.29, 0.717) is 5.25 Å². The highest BCUT2D eigenvalue weighted by molar-refractivity contribution is 8.01. The van der Waals surface area contributed by atoms with Crippen LogP contribution in [0.15, 0.2) is 15.7 Å². The van der Waals surface area contributed by atoms with Gasteiger partial charge in [-0.3, -0.25) is 0 Å². The van der Waals surface area contributed by atoms with Crippen LogP contribution in [0.1, 0.15) is 24.9 Å². The molecule has 0 saturated carbocycles. The molecule has 1 aromatic heterocycles. The molecule has 2 atom stereocenters. The zero-order chi connectivity index (χ0) is 7.84. The molecule has 2 heterocycles. The fraction of sp³-hybridized carbons (Fsp3) is 0.500. The Morgan fingerprint density at radius 3 is 3.27 bits per heavy atom. The smallest absolute Gasteiger partial charge is 0.0648 e. The van der Waals surface area contributed by atoms with E-state index in [1.54, 1.807) is 0 Å². The van der Waals surface area contributed by atoms with Crippen molar-refractivity contribution in [3.05, 3.63) is 17.0 Å². The second-order valence-electron chi connectivity index (χ2n) is 2.93. The van der Waals surface area contributed by atoms with Gasteiger partial charge in [0.1, 0.15) is 0 Å². The molecular formula is C8H11NS2. The van der Waals surface area contributed by atoms with Crippen molar-refractivity contribution >= 4 is 23.1 Å². The zero-order valence-corrected chi connectivity index (χ0v) is 8.04. The van der Waals surface area contributed by atoms with Gasteiger partial charge in [0.25, 0.3) is 0 Å². The van der Waals surface area contributed by atoms with Gasteiger partial charge < -0.3 is 5.73 Å². The highest BCUT2D eigenvalue weighted by Crippen LogP contribution is 2.42. The lowest BCUT2D eigenvalue weighted by Gasteiger charge is -2.23. The lowest BCUT2D eigenvalue weighted by molar-refractivity contribution is 0.631. The van der Waals surface area contributed by atoms with Crippen LogP contribution in [0.2, 0.25) is 0 Å². The van der Waals surface area contributed by atoms with Crippen molar-refractivity contribution in [1.82, 2.24) is 0 Å². The summed E-state index contributed by atoms with van der Waals surface area (Å²) in [7, 11) is 0. The Bertz CT molecular complexity index is 256. The number of thiophene rings is 1. The van der Waals surface area contributed by atoms with E-state index >= 15 is 0 Å². The van der Waals surface area contributed by atoms with Gasteiger partial charge in [-0.05, 0) is 23.4 Å². The SMILES string of the molecule is CC1CC(N)c2ccsc2S1. The van der Waals surface area contributed by atoms with Crippen molar-refractivity contribution in [3.8, 4) is 0 Å². The summed E-state index contributed by atoms with van der Waals surface area (Å²) in [5.74, 6) is 0. The van der Waals surface area contributed by atoms with Gasteiger partial charge >= 0.3 is 0 Å². The maximum Gasteiger partial charge on any atom is 0.0648 e. The summed E-state index contributed by atoms with van der Waals surface area (Å²) in [6.45, 7) is 2.24. The third kappa shape index (κ3) is 1.33. The molecule has 0 radical (unpaired) electrons. The monoisotopic (exact) mass is 185 g/mol. The van der Waals surface area contributed by atoms with Crippen molar-refractivity contribution < 1.29 is 0 Å². The lowest BCUT2D eigenvalue weighted by Crippen LogP contribution is -2.18. The van der Waals surface area contributed by atoms with E-state index in [-0.39, 0.29) is 6.04 Å². The Kier molecular flexibility index (Phi) is 1.95. The number of rotatable bonds is 0. The number of fused-ring (bicyclic) bond motifs is 1. The standard InChI is InChI=1S/C8H11NS2/c1-5-4-7(9)6-2-3-10-8(6)11-5/h2-3,5,7H,4,9H2,1H3. The van der Waals surface area contributed by atoms with E-state index in [1.165, 1.54) is 9.77 Å². The predicted molar refractivity (Wildman–Crippen MR) is 51.2 cm³/mol. The molecular weight excluding hydrogens is 174 g/mol. The average molecular weight is 185 g/mol. The molecule has 0 amide bonds. The molecule has 0 spiro atoms. The highest BCUT2D eigenvalue weighted by Gasteiger charge is 2.22. The Labute approximate surface area is 75.0 Å². The number of hydrogen-bond acceptors (Lipinski definition) is 3. The molecule has 1 nitrogen and oxygen atoms in total. The van der Waals surface area contributed by atoms with Crippen LogP contribution in [0.4, 0.5) is 0 Å². The molecule has 1 aliphatic heterocycles. The van der Waals surface area contributed by atoms with Crippen LogP contribution in [0, 0.1) is 0 Å². The topological polar surface area (TPSA) is 26.0 Å². The summed E-state index contributed by atoms with van der Waals surface area (Å²) < 4.78 is 1.43. The largest absolute Gasteiger partial charge is 0.324 e. The maximum absolute atomic E-state index is 5.97. The molecule has 0 saturated heterocycles. The number of nitrogens with two attached hydrogens (primary N) is 1. The van der Waals surface area contributed by atoms with Crippen LogP contribution in [0.5, 0.6) is 0 Å². The van der Waals surface area contributed by atoms with Gasteiger partial charge in [0.2, 0.25) is 0 Å². The molecule has 0 aliphatic carbocycles.